The molecule has 0 saturated heterocycles. The molecule has 0 bridgehead atoms. The van der Waals surface area contributed by atoms with Crippen molar-refractivity contribution < 1.29 is 14.7 Å². The lowest BCUT2D eigenvalue weighted by Crippen LogP contribution is -2.35. The third kappa shape index (κ3) is 4.37. The summed E-state index contributed by atoms with van der Waals surface area (Å²) in [7, 11) is 0. The number of anilines is 1. The largest absolute Gasteiger partial charge is 0.480 e. The van der Waals surface area contributed by atoms with Crippen molar-refractivity contribution in [3.05, 3.63) is 47.0 Å². The molecule has 0 radical (unpaired) electrons. The molecule has 1 aromatic heterocycles. The Bertz CT molecular complexity index is 627. The number of nitrogens with one attached hydrogen (secondary N) is 2. The summed E-state index contributed by atoms with van der Waals surface area (Å²) >= 11 is 1.33. The summed E-state index contributed by atoms with van der Waals surface area (Å²) in [5, 5.41) is 16.9. The molecule has 0 aliphatic heterocycles. The van der Waals surface area contributed by atoms with Crippen molar-refractivity contribution in [2.24, 2.45) is 0 Å². The monoisotopic (exact) mass is 305 g/mol. The second-order valence-electron chi connectivity index (χ2n) is 4.41. The van der Waals surface area contributed by atoms with E-state index in [-0.39, 0.29) is 12.5 Å². The fourth-order valence-corrected chi connectivity index (χ4v) is 2.47. The van der Waals surface area contributed by atoms with Crippen LogP contribution in [0.3, 0.4) is 0 Å². The highest BCUT2D eigenvalue weighted by atomic mass is 32.1. The minimum Gasteiger partial charge on any atom is -0.480 e. The van der Waals surface area contributed by atoms with Crippen LogP contribution in [0, 0.1) is 6.92 Å². The predicted molar refractivity (Wildman–Crippen MR) is 80.3 cm³/mol. The van der Waals surface area contributed by atoms with E-state index in [2.05, 4.69) is 15.6 Å². The van der Waals surface area contributed by atoms with Crippen LogP contribution in [0.25, 0.3) is 0 Å². The van der Waals surface area contributed by atoms with Crippen LogP contribution >= 0.6 is 11.3 Å². The number of nitrogens with zero attached hydrogens (tertiary/aromatic N) is 1. The molecule has 3 N–H and O–H groups in total. The molecule has 110 valence electrons. The summed E-state index contributed by atoms with van der Waals surface area (Å²) in [6, 6.07) is 7.80. The number of aromatic nitrogens is 1. The van der Waals surface area contributed by atoms with E-state index in [1.54, 1.807) is 30.3 Å². The zero-order valence-electron chi connectivity index (χ0n) is 11.4. The summed E-state index contributed by atoms with van der Waals surface area (Å²) < 4.78 is 0. The molecular formula is C14H15N3O3S. The van der Waals surface area contributed by atoms with Gasteiger partial charge < -0.3 is 10.4 Å². The Kier molecular flexibility index (Phi) is 5.02. The molecule has 0 aliphatic rings. The van der Waals surface area contributed by atoms with Crippen molar-refractivity contribution in [1.82, 2.24) is 10.3 Å². The van der Waals surface area contributed by atoms with Gasteiger partial charge in [-0.3, -0.25) is 14.9 Å². The minimum absolute atomic E-state index is 0.107. The number of benzene rings is 1. The third-order valence-electron chi connectivity index (χ3n) is 2.71. The van der Waals surface area contributed by atoms with E-state index in [0.29, 0.717) is 10.7 Å². The lowest BCUT2D eigenvalue weighted by atomic mass is 10.1. The molecule has 0 spiro atoms. The third-order valence-corrected chi connectivity index (χ3v) is 3.59. The van der Waals surface area contributed by atoms with Crippen LogP contribution < -0.4 is 10.6 Å². The second-order valence-corrected chi connectivity index (χ2v) is 5.26. The Morgan fingerprint density at radius 1 is 1.33 bits per heavy atom. The van der Waals surface area contributed by atoms with Crippen LogP contribution in [0.5, 0.6) is 0 Å². The van der Waals surface area contributed by atoms with Gasteiger partial charge in [-0.1, -0.05) is 30.3 Å². The van der Waals surface area contributed by atoms with Gasteiger partial charge in [-0.05, 0) is 12.5 Å². The second kappa shape index (κ2) is 6.96. The van der Waals surface area contributed by atoms with Gasteiger partial charge in [0.1, 0.15) is 6.04 Å². The summed E-state index contributed by atoms with van der Waals surface area (Å²) in [4.78, 5) is 27.2. The average molecular weight is 305 g/mol. The minimum atomic E-state index is -1.03. The molecule has 2 aromatic rings. The van der Waals surface area contributed by atoms with E-state index in [0.717, 1.165) is 5.69 Å². The standard InChI is InChI=1S/C14H15N3O3S/c1-9-8-21-14(16-9)17-11(18)7-15-12(13(19)20)10-5-3-2-4-6-10/h2-6,8,12,15H,7H2,1H3,(H,19,20)(H,16,17,18). The highest BCUT2D eigenvalue weighted by Gasteiger charge is 2.20. The fourth-order valence-electron chi connectivity index (χ4n) is 1.76. The molecule has 1 unspecified atom stereocenters. The maximum atomic E-state index is 11.8. The Labute approximate surface area is 125 Å². The maximum Gasteiger partial charge on any atom is 0.325 e. The first-order valence-electron chi connectivity index (χ1n) is 6.29. The van der Waals surface area contributed by atoms with Gasteiger partial charge in [-0.2, -0.15) is 0 Å². The van der Waals surface area contributed by atoms with Crippen molar-refractivity contribution in [2.45, 2.75) is 13.0 Å². The first-order chi connectivity index (χ1) is 10.1. The molecule has 1 amide bonds. The van der Waals surface area contributed by atoms with E-state index >= 15 is 0 Å². The maximum absolute atomic E-state index is 11.8. The van der Waals surface area contributed by atoms with Gasteiger partial charge in [-0.15, -0.1) is 11.3 Å². The summed E-state index contributed by atoms with van der Waals surface area (Å²) in [6.07, 6.45) is 0. The predicted octanol–water partition coefficient (Wildman–Crippen LogP) is 1.81. The number of carbonyl (C=O) groups excluding carboxylic acids is 1. The SMILES string of the molecule is Cc1csc(NC(=O)CNC(C(=O)O)c2ccccc2)n1. The Morgan fingerprint density at radius 2 is 2.05 bits per heavy atom. The van der Waals surface area contributed by atoms with Crippen LogP contribution in [0.2, 0.25) is 0 Å². The number of rotatable bonds is 6. The molecule has 1 heterocycles. The highest BCUT2D eigenvalue weighted by molar-refractivity contribution is 7.13. The smallest absolute Gasteiger partial charge is 0.325 e. The topological polar surface area (TPSA) is 91.3 Å². The van der Waals surface area contributed by atoms with E-state index < -0.39 is 12.0 Å². The van der Waals surface area contributed by atoms with Crippen LogP contribution in [-0.2, 0) is 9.59 Å². The fraction of sp³-hybridized carbons (Fsp3) is 0.214. The number of aryl methyl sites for hydroxylation is 1. The molecule has 2 rings (SSSR count). The number of carbonyl (C=O) groups is 2. The van der Waals surface area contributed by atoms with E-state index in [9.17, 15) is 14.7 Å². The summed E-state index contributed by atoms with van der Waals surface area (Å²) in [6.45, 7) is 1.73. The van der Waals surface area contributed by atoms with Gasteiger partial charge in [0, 0.05) is 5.38 Å². The molecule has 0 fully saturated rings. The number of aliphatic carboxylic acids is 1. The Hall–Kier alpha value is -2.25. The van der Waals surface area contributed by atoms with Crippen molar-refractivity contribution in [2.75, 3.05) is 11.9 Å². The van der Waals surface area contributed by atoms with Crippen LogP contribution in [0.15, 0.2) is 35.7 Å². The van der Waals surface area contributed by atoms with Crippen LogP contribution in [0.4, 0.5) is 5.13 Å². The van der Waals surface area contributed by atoms with E-state index in [4.69, 9.17) is 0 Å². The van der Waals surface area contributed by atoms with Gasteiger partial charge in [0.15, 0.2) is 5.13 Å². The zero-order chi connectivity index (χ0) is 15.2. The zero-order valence-corrected chi connectivity index (χ0v) is 12.2. The number of hydrogen-bond acceptors (Lipinski definition) is 5. The van der Waals surface area contributed by atoms with Crippen molar-refractivity contribution in [1.29, 1.82) is 0 Å². The first kappa shape index (κ1) is 15.1. The number of thiazole rings is 1. The average Bonchev–Trinajstić information content (AvgIpc) is 2.85. The lowest BCUT2D eigenvalue weighted by Gasteiger charge is -2.14. The summed E-state index contributed by atoms with van der Waals surface area (Å²) in [5.41, 5.74) is 1.43. The number of carboxylic acids is 1. The van der Waals surface area contributed by atoms with Gasteiger partial charge >= 0.3 is 5.97 Å². The Morgan fingerprint density at radius 3 is 2.62 bits per heavy atom. The summed E-state index contributed by atoms with van der Waals surface area (Å²) in [5.74, 6) is -1.36. The van der Waals surface area contributed by atoms with Gasteiger partial charge in [0.25, 0.3) is 0 Å². The van der Waals surface area contributed by atoms with E-state index in [1.807, 2.05) is 12.3 Å². The molecule has 1 aromatic carbocycles. The van der Waals surface area contributed by atoms with Crippen molar-refractivity contribution in [3.63, 3.8) is 0 Å². The molecule has 0 aliphatic carbocycles. The van der Waals surface area contributed by atoms with E-state index in [1.165, 1.54) is 11.3 Å². The van der Waals surface area contributed by atoms with Gasteiger partial charge in [0.05, 0.1) is 12.2 Å². The number of carboxylic acid groups (broad SMARTS) is 1. The molecule has 7 heteroatoms. The van der Waals surface area contributed by atoms with Crippen LogP contribution in [0.1, 0.15) is 17.3 Å². The molecule has 6 nitrogen and oxygen atoms in total. The number of amides is 1. The van der Waals surface area contributed by atoms with Crippen LogP contribution in [-0.4, -0.2) is 28.5 Å². The molecular weight excluding hydrogens is 290 g/mol. The normalized spacial score (nSPS) is 11.9. The lowest BCUT2D eigenvalue weighted by molar-refractivity contribution is -0.139. The van der Waals surface area contributed by atoms with Gasteiger partial charge in [-0.25, -0.2) is 4.98 Å². The molecule has 1 atom stereocenters. The molecule has 21 heavy (non-hydrogen) atoms. The quantitative estimate of drug-likeness (QED) is 0.757. The van der Waals surface area contributed by atoms with Gasteiger partial charge in [0.2, 0.25) is 5.91 Å². The Balaban J connectivity index is 1.93. The highest BCUT2D eigenvalue weighted by Crippen LogP contribution is 2.15. The van der Waals surface area contributed by atoms with Crippen molar-refractivity contribution >= 4 is 28.3 Å². The van der Waals surface area contributed by atoms with Crippen molar-refractivity contribution in [3.8, 4) is 0 Å². The molecule has 0 saturated carbocycles. The first-order valence-corrected chi connectivity index (χ1v) is 7.17. The number of hydrogen-bond donors (Lipinski definition) is 3.